The molecule has 0 radical (unpaired) electrons. The van der Waals surface area contributed by atoms with Gasteiger partial charge in [-0.2, -0.15) is 0 Å². The van der Waals surface area contributed by atoms with Gasteiger partial charge in [-0.25, -0.2) is 4.79 Å². The van der Waals surface area contributed by atoms with E-state index in [2.05, 4.69) is 40.8 Å². The van der Waals surface area contributed by atoms with Crippen LogP contribution in [-0.4, -0.2) is 45.5 Å². The van der Waals surface area contributed by atoms with E-state index in [1.54, 1.807) is 13.2 Å². The molecule has 5 nitrogen and oxygen atoms in total. The SMILES string of the molecule is COCO[C@@H](/C=C/C(=O)O)CC[C@@H](C)O[Si](C)(C)C(C)(C)C. The first kappa shape index (κ1) is 21.3. The quantitative estimate of drug-likeness (QED) is 0.374. The number of methoxy groups -OCH3 is 1. The lowest BCUT2D eigenvalue weighted by Crippen LogP contribution is -2.43. The van der Waals surface area contributed by atoms with Crippen molar-refractivity contribution in [2.24, 2.45) is 0 Å². The molecular weight excluding hydrogens is 300 g/mol. The third-order valence-corrected chi connectivity index (χ3v) is 8.62. The molecule has 1 N–H and O–H groups in total. The summed E-state index contributed by atoms with van der Waals surface area (Å²) in [4.78, 5) is 10.6. The maximum atomic E-state index is 10.6. The smallest absolute Gasteiger partial charge is 0.328 e. The molecule has 0 aromatic carbocycles. The second-order valence-corrected chi connectivity index (χ2v) is 11.8. The van der Waals surface area contributed by atoms with E-state index < -0.39 is 14.3 Å². The maximum Gasteiger partial charge on any atom is 0.328 e. The van der Waals surface area contributed by atoms with E-state index in [9.17, 15) is 4.79 Å². The van der Waals surface area contributed by atoms with Gasteiger partial charge in [-0.05, 0) is 44.0 Å². The predicted molar refractivity (Wildman–Crippen MR) is 90.5 cm³/mol. The van der Waals surface area contributed by atoms with E-state index in [1.165, 1.54) is 0 Å². The topological polar surface area (TPSA) is 65.0 Å². The summed E-state index contributed by atoms with van der Waals surface area (Å²) >= 11 is 0. The van der Waals surface area contributed by atoms with E-state index in [4.69, 9.17) is 19.0 Å². The van der Waals surface area contributed by atoms with Crippen LogP contribution in [0.15, 0.2) is 12.2 Å². The van der Waals surface area contributed by atoms with Gasteiger partial charge in [0, 0.05) is 19.3 Å². The third-order valence-electron chi connectivity index (χ3n) is 4.01. The lowest BCUT2D eigenvalue weighted by molar-refractivity contribution is -0.131. The van der Waals surface area contributed by atoms with Crippen molar-refractivity contribution in [2.75, 3.05) is 13.9 Å². The molecule has 2 atom stereocenters. The van der Waals surface area contributed by atoms with Crippen molar-refractivity contribution < 1.29 is 23.8 Å². The number of hydrogen-bond acceptors (Lipinski definition) is 4. The Bertz CT molecular complexity index is 360. The number of rotatable bonds is 10. The van der Waals surface area contributed by atoms with Gasteiger partial charge in [0.1, 0.15) is 6.79 Å². The lowest BCUT2D eigenvalue weighted by atomic mass is 10.1. The normalized spacial score (nSPS) is 16.0. The van der Waals surface area contributed by atoms with Gasteiger partial charge in [-0.15, -0.1) is 0 Å². The minimum atomic E-state index is -1.78. The van der Waals surface area contributed by atoms with Gasteiger partial charge in [0.15, 0.2) is 8.32 Å². The van der Waals surface area contributed by atoms with Gasteiger partial charge in [0.2, 0.25) is 0 Å². The van der Waals surface area contributed by atoms with Gasteiger partial charge >= 0.3 is 5.97 Å². The lowest BCUT2D eigenvalue weighted by Gasteiger charge is -2.38. The number of hydrogen-bond donors (Lipinski definition) is 1. The molecule has 0 saturated heterocycles. The van der Waals surface area contributed by atoms with Crippen molar-refractivity contribution in [1.82, 2.24) is 0 Å². The molecule has 0 saturated carbocycles. The third kappa shape index (κ3) is 8.68. The van der Waals surface area contributed by atoms with Crippen molar-refractivity contribution in [3.63, 3.8) is 0 Å². The first-order valence-electron chi connectivity index (χ1n) is 7.69. The van der Waals surface area contributed by atoms with Crippen LogP contribution in [0.25, 0.3) is 0 Å². The molecule has 6 heteroatoms. The molecular formula is C16H32O5Si. The van der Waals surface area contributed by atoms with E-state index in [0.717, 1.165) is 12.5 Å². The molecule has 0 spiro atoms. The molecule has 0 aliphatic heterocycles. The Morgan fingerprint density at radius 1 is 1.27 bits per heavy atom. The zero-order valence-corrected chi connectivity index (χ0v) is 16.0. The minimum Gasteiger partial charge on any atom is -0.478 e. The Balaban J connectivity index is 4.48. The highest BCUT2D eigenvalue weighted by Gasteiger charge is 2.38. The maximum absolute atomic E-state index is 10.6. The van der Waals surface area contributed by atoms with Gasteiger partial charge in [-0.3, -0.25) is 0 Å². The van der Waals surface area contributed by atoms with Crippen molar-refractivity contribution in [3.05, 3.63) is 12.2 Å². The molecule has 0 rings (SSSR count). The van der Waals surface area contributed by atoms with E-state index >= 15 is 0 Å². The molecule has 0 heterocycles. The highest BCUT2D eigenvalue weighted by molar-refractivity contribution is 6.74. The monoisotopic (exact) mass is 332 g/mol. The first-order valence-corrected chi connectivity index (χ1v) is 10.6. The van der Waals surface area contributed by atoms with Crippen LogP contribution in [0.3, 0.4) is 0 Å². The van der Waals surface area contributed by atoms with Crippen LogP contribution < -0.4 is 0 Å². The van der Waals surface area contributed by atoms with Gasteiger partial charge < -0.3 is 19.0 Å². The molecule has 0 bridgehead atoms. The Morgan fingerprint density at radius 2 is 1.86 bits per heavy atom. The number of carboxylic acids is 1. The van der Waals surface area contributed by atoms with Crippen LogP contribution in [0, 0.1) is 0 Å². The highest BCUT2D eigenvalue weighted by Crippen LogP contribution is 2.37. The molecule has 0 aromatic heterocycles. The average molecular weight is 333 g/mol. The molecule has 0 aromatic rings. The zero-order valence-electron chi connectivity index (χ0n) is 15.0. The Labute approximate surface area is 135 Å². The molecule has 0 amide bonds. The average Bonchev–Trinajstić information content (AvgIpc) is 2.35. The van der Waals surface area contributed by atoms with E-state index in [-0.39, 0.29) is 24.0 Å². The van der Waals surface area contributed by atoms with Crippen molar-refractivity contribution in [2.45, 2.75) is 70.9 Å². The fourth-order valence-corrected chi connectivity index (χ4v) is 3.20. The number of aliphatic carboxylic acids is 1. The zero-order chi connectivity index (χ0) is 17.4. The summed E-state index contributed by atoms with van der Waals surface area (Å²) < 4.78 is 16.7. The molecule has 130 valence electrons. The molecule has 0 aliphatic rings. The van der Waals surface area contributed by atoms with Crippen LogP contribution in [0.1, 0.15) is 40.5 Å². The Morgan fingerprint density at radius 3 is 2.32 bits per heavy atom. The van der Waals surface area contributed by atoms with Crippen LogP contribution in [0.5, 0.6) is 0 Å². The second kappa shape index (κ2) is 9.45. The molecule has 0 aliphatic carbocycles. The molecule has 0 unspecified atom stereocenters. The van der Waals surface area contributed by atoms with Gasteiger partial charge in [0.05, 0.1) is 6.10 Å². The van der Waals surface area contributed by atoms with Crippen LogP contribution >= 0.6 is 0 Å². The summed E-state index contributed by atoms with van der Waals surface area (Å²) in [6.45, 7) is 13.3. The van der Waals surface area contributed by atoms with Crippen LogP contribution in [0.4, 0.5) is 0 Å². The molecule has 22 heavy (non-hydrogen) atoms. The summed E-state index contributed by atoms with van der Waals surface area (Å²) in [6, 6.07) is 0. The summed E-state index contributed by atoms with van der Waals surface area (Å²) in [7, 11) is -0.237. The van der Waals surface area contributed by atoms with Crippen molar-refractivity contribution in [1.29, 1.82) is 0 Å². The highest BCUT2D eigenvalue weighted by atomic mass is 28.4. The van der Waals surface area contributed by atoms with Crippen LogP contribution in [-0.2, 0) is 18.7 Å². The van der Waals surface area contributed by atoms with E-state index in [1.807, 2.05) is 0 Å². The van der Waals surface area contributed by atoms with E-state index in [0.29, 0.717) is 6.42 Å². The van der Waals surface area contributed by atoms with Crippen molar-refractivity contribution >= 4 is 14.3 Å². The van der Waals surface area contributed by atoms with Crippen LogP contribution in [0.2, 0.25) is 18.1 Å². The summed E-state index contributed by atoms with van der Waals surface area (Å²) in [6.07, 6.45) is 4.02. The minimum absolute atomic E-state index is 0.118. The summed E-state index contributed by atoms with van der Waals surface area (Å²) in [5.41, 5.74) is 0. The standard InChI is InChI=1S/C16H32O5Si/c1-13(21-22(6,7)16(2,3)4)8-9-14(20-12-19-5)10-11-15(17)18/h10-11,13-14H,8-9,12H2,1-7H3,(H,17,18)/b11-10+/t13-,14-/m1/s1. The fraction of sp³-hybridized carbons (Fsp3) is 0.812. The molecule has 0 fully saturated rings. The van der Waals surface area contributed by atoms with Crippen molar-refractivity contribution in [3.8, 4) is 0 Å². The number of carboxylic acid groups (broad SMARTS) is 1. The second-order valence-electron chi connectivity index (χ2n) is 7.08. The van der Waals surface area contributed by atoms with Gasteiger partial charge in [-0.1, -0.05) is 20.8 Å². The summed E-state index contributed by atoms with van der Waals surface area (Å²) in [5, 5.41) is 8.89. The number of ether oxygens (including phenoxy) is 2. The predicted octanol–water partition coefficient (Wildman–Crippen LogP) is 3.81. The largest absolute Gasteiger partial charge is 0.478 e. The Hall–Kier alpha value is -0.693. The Kier molecular flexibility index (Phi) is 9.15. The summed E-state index contributed by atoms with van der Waals surface area (Å²) in [5.74, 6) is -0.975. The van der Waals surface area contributed by atoms with Gasteiger partial charge in [0.25, 0.3) is 0 Å². The fourth-order valence-electron chi connectivity index (χ4n) is 1.72. The first-order chi connectivity index (χ1) is 9.99. The number of carbonyl (C=O) groups is 1.